The number of carbonyl (C=O) groups is 1. The van der Waals surface area contributed by atoms with E-state index in [1.165, 1.54) is 0 Å². The molecule has 10 nitrogen and oxygen atoms in total. The first-order chi connectivity index (χ1) is 17.3. The highest BCUT2D eigenvalue weighted by Gasteiger charge is 2.33. The molecule has 198 valence electrons. The maximum atomic E-state index is 12.7. The molecule has 0 radical (unpaired) electrons. The second kappa shape index (κ2) is 10.1. The molecule has 1 saturated heterocycles. The zero-order chi connectivity index (χ0) is 27.0. The smallest absolute Gasteiger partial charge is 0.410 e. The van der Waals surface area contributed by atoms with Crippen molar-refractivity contribution in [1.82, 2.24) is 29.4 Å². The molecule has 0 unspecified atom stereocenters. The molecular weight excluding hydrogens is 470 g/mol. The second-order valence-corrected chi connectivity index (χ2v) is 11.2. The van der Waals surface area contributed by atoms with Gasteiger partial charge in [-0.05, 0) is 47.5 Å². The van der Waals surface area contributed by atoms with Crippen LogP contribution in [0.2, 0.25) is 0 Å². The Bertz CT molecular complexity index is 1290. The van der Waals surface area contributed by atoms with Gasteiger partial charge in [-0.15, -0.1) is 5.10 Å². The Morgan fingerprint density at radius 2 is 1.86 bits per heavy atom. The number of hydrogen-bond acceptors (Lipinski definition) is 7. The van der Waals surface area contributed by atoms with E-state index in [2.05, 4.69) is 4.99 Å². The summed E-state index contributed by atoms with van der Waals surface area (Å²) >= 11 is 0. The van der Waals surface area contributed by atoms with Crippen LogP contribution in [-0.2, 0) is 10.3 Å². The third-order valence-electron chi connectivity index (χ3n) is 5.99. The van der Waals surface area contributed by atoms with E-state index in [0.29, 0.717) is 41.8 Å². The average molecular weight is 508 g/mol. The molecule has 1 amide bonds. The summed E-state index contributed by atoms with van der Waals surface area (Å²) in [6.45, 7) is 10.1. The first-order valence-corrected chi connectivity index (χ1v) is 12.6. The zero-order valence-electron chi connectivity index (χ0n) is 22.8. The van der Waals surface area contributed by atoms with Gasteiger partial charge in [0.25, 0.3) is 5.95 Å². The molecule has 1 aromatic carbocycles. The fourth-order valence-electron chi connectivity index (χ4n) is 4.41. The number of aliphatic imine (C=N–C) groups is 1. The van der Waals surface area contributed by atoms with Crippen LogP contribution in [0.1, 0.15) is 64.8 Å². The van der Waals surface area contributed by atoms with Crippen LogP contribution >= 0.6 is 0 Å². The maximum absolute atomic E-state index is 12.7. The number of carbonyl (C=O) groups excluding carboxylic acids is 1. The van der Waals surface area contributed by atoms with Gasteiger partial charge in [0, 0.05) is 38.7 Å². The van der Waals surface area contributed by atoms with Gasteiger partial charge in [-0.2, -0.15) is 4.52 Å². The van der Waals surface area contributed by atoms with Crippen LogP contribution in [0.3, 0.4) is 0 Å². The van der Waals surface area contributed by atoms with Crippen LogP contribution < -0.4 is 0 Å². The topological polar surface area (TPSA) is 108 Å². The Balaban J connectivity index is 1.84. The van der Waals surface area contributed by atoms with Crippen molar-refractivity contribution in [1.29, 1.82) is 0 Å². The monoisotopic (exact) mass is 507 g/mol. The highest BCUT2D eigenvalue weighted by molar-refractivity contribution is 5.74. The van der Waals surface area contributed by atoms with Crippen molar-refractivity contribution in [3.63, 3.8) is 0 Å². The molecule has 3 aromatic rings. The molecule has 1 fully saturated rings. The molecule has 1 atom stereocenters. The van der Waals surface area contributed by atoms with Gasteiger partial charge in [-0.25, -0.2) is 19.8 Å². The molecular formula is C27H37N7O3. The normalized spacial score (nSPS) is 17.0. The zero-order valence-corrected chi connectivity index (χ0v) is 22.8. The number of amides is 1. The lowest BCUT2D eigenvalue weighted by atomic mass is 9.94. The molecule has 0 spiro atoms. The molecule has 4 rings (SSSR count). The van der Waals surface area contributed by atoms with E-state index in [-0.39, 0.29) is 12.0 Å². The number of benzene rings is 1. The number of rotatable bonds is 5. The van der Waals surface area contributed by atoms with Gasteiger partial charge in [0.05, 0.1) is 23.2 Å². The summed E-state index contributed by atoms with van der Waals surface area (Å²) in [4.78, 5) is 30.6. The van der Waals surface area contributed by atoms with E-state index in [1.54, 1.807) is 29.6 Å². The first-order valence-electron chi connectivity index (χ1n) is 12.6. The Morgan fingerprint density at radius 3 is 2.49 bits per heavy atom. The van der Waals surface area contributed by atoms with Gasteiger partial charge in [-0.3, -0.25) is 0 Å². The first kappa shape index (κ1) is 26.5. The average Bonchev–Trinajstić information content (AvgIpc) is 3.26. The van der Waals surface area contributed by atoms with Crippen molar-refractivity contribution in [2.75, 3.05) is 27.2 Å². The van der Waals surface area contributed by atoms with Gasteiger partial charge in [0.2, 0.25) is 0 Å². The van der Waals surface area contributed by atoms with E-state index < -0.39 is 11.2 Å². The molecule has 0 bridgehead atoms. The molecule has 1 aliphatic rings. The summed E-state index contributed by atoms with van der Waals surface area (Å²) in [5, 5.41) is 16.1. The van der Waals surface area contributed by atoms with Gasteiger partial charge in [0.15, 0.2) is 11.5 Å². The van der Waals surface area contributed by atoms with E-state index >= 15 is 0 Å². The number of piperidine rings is 1. The van der Waals surface area contributed by atoms with Crippen molar-refractivity contribution >= 4 is 24.0 Å². The Hall–Kier alpha value is -3.53. The van der Waals surface area contributed by atoms with Gasteiger partial charge < -0.3 is 19.6 Å². The van der Waals surface area contributed by atoms with Crippen molar-refractivity contribution in [2.24, 2.45) is 4.99 Å². The van der Waals surface area contributed by atoms with E-state index in [0.717, 1.165) is 18.4 Å². The van der Waals surface area contributed by atoms with Crippen molar-refractivity contribution in [3.8, 4) is 11.3 Å². The summed E-state index contributed by atoms with van der Waals surface area (Å²) in [5.41, 5.74) is 0.706. The predicted molar refractivity (Wildman–Crippen MR) is 143 cm³/mol. The molecule has 3 heterocycles. The lowest BCUT2D eigenvalue weighted by Crippen LogP contribution is -2.42. The van der Waals surface area contributed by atoms with Crippen LogP contribution in [0, 0.1) is 0 Å². The van der Waals surface area contributed by atoms with Crippen molar-refractivity contribution in [3.05, 3.63) is 41.7 Å². The molecule has 0 aliphatic carbocycles. The van der Waals surface area contributed by atoms with Gasteiger partial charge in [-0.1, -0.05) is 30.3 Å². The molecule has 2 aromatic heterocycles. The molecule has 37 heavy (non-hydrogen) atoms. The van der Waals surface area contributed by atoms with E-state index in [9.17, 15) is 9.90 Å². The molecule has 10 heteroatoms. The number of hydrogen-bond donors (Lipinski definition) is 1. The van der Waals surface area contributed by atoms with Crippen molar-refractivity contribution in [2.45, 2.75) is 64.6 Å². The number of aromatic nitrogens is 4. The number of ether oxygens (including phenoxy) is 1. The van der Waals surface area contributed by atoms with Gasteiger partial charge >= 0.3 is 6.09 Å². The maximum Gasteiger partial charge on any atom is 0.410 e. The highest BCUT2D eigenvalue weighted by atomic mass is 16.6. The number of fused-ring (bicyclic) bond motifs is 1. The lowest BCUT2D eigenvalue weighted by Gasteiger charge is -2.33. The Kier molecular flexibility index (Phi) is 7.23. The summed E-state index contributed by atoms with van der Waals surface area (Å²) in [7, 11) is 3.76. The molecule has 0 saturated carbocycles. The Morgan fingerprint density at radius 1 is 1.16 bits per heavy atom. The Labute approximate surface area is 218 Å². The summed E-state index contributed by atoms with van der Waals surface area (Å²) < 4.78 is 7.20. The second-order valence-electron chi connectivity index (χ2n) is 11.2. The largest absolute Gasteiger partial charge is 0.444 e. The number of aliphatic hydroxyl groups is 1. The molecule has 1 N–H and O–H groups in total. The lowest BCUT2D eigenvalue weighted by molar-refractivity contribution is 0.0196. The summed E-state index contributed by atoms with van der Waals surface area (Å²) in [6, 6.07) is 9.70. The van der Waals surface area contributed by atoms with Crippen LogP contribution in [0.5, 0.6) is 0 Å². The number of nitrogens with zero attached hydrogens (tertiary/aromatic N) is 7. The summed E-state index contributed by atoms with van der Waals surface area (Å²) in [5.74, 6) is 0.864. The van der Waals surface area contributed by atoms with E-state index in [4.69, 9.17) is 19.8 Å². The van der Waals surface area contributed by atoms with Crippen molar-refractivity contribution < 1.29 is 14.6 Å². The van der Waals surface area contributed by atoms with Crippen LogP contribution in [0.4, 0.5) is 10.7 Å². The number of likely N-dealkylation sites (tertiary alicyclic amines) is 1. The SMILES string of the molecule is CN(C)/C=N/c1nc(-c2ccccc2)c(C(C)(C)O)c2nc([C@@H]3CCCN(C(=O)OC(C)(C)C)C3)nn12. The minimum absolute atomic E-state index is 0.0818. The highest BCUT2D eigenvalue weighted by Crippen LogP contribution is 2.36. The minimum Gasteiger partial charge on any atom is -0.444 e. The standard InChI is InChI=1S/C27H37N7O3/c1-26(2,3)37-25(35)33-15-11-14-19(16-33)22-30-23-20(27(4,5)36)21(18-12-9-8-10-13-18)29-24(34(23)31-22)28-17-32(6)7/h8-10,12-13,17,19,36H,11,14-16H2,1-7H3/b28-17+/t19-/m1/s1. The summed E-state index contributed by atoms with van der Waals surface area (Å²) in [6.07, 6.45) is 2.98. The third-order valence-corrected chi connectivity index (χ3v) is 5.99. The van der Waals surface area contributed by atoms with Crippen LogP contribution in [0.15, 0.2) is 35.3 Å². The van der Waals surface area contributed by atoms with Gasteiger partial charge in [0.1, 0.15) is 5.60 Å². The fourth-order valence-corrected chi connectivity index (χ4v) is 4.41. The van der Waals surface area contributed by atoms with Crippen LogP contribution in [-0.4, -0.2) is 79.7 Å². The minimum atomic E-state index is -1.25. The van der Waals surface area contributed by atoms with Crippen LogP contribution in [0.25, 0.3) is 16.9 Å². The molecule has 1 aliphatic heterocycles. The third kappa shape index (κ3) is 6.07. The van der Waals surface area contributed by atoms with E-state index in [1.807, 2.05) is 70.1 Å². The fraction of sp³-hybridized carbons (Fsp3) is 0.519. The predicted octanol–water partition coefficient (Wildman–Crippen LogP) is 4.35. The quantitative estimate of drug-likeness (QED) is 0.404.